The molecule has 1 saturated heterocycles. The normalized spacial score (nSPS) is 14.2. The highest BCUT2D eigenvalue weighted by atomic mass is 16.5. The van der Waals surface area contributed by atoms with Crippen LogP contribution in [0.25, 0.3) is 16.7 Å². The van der Waals surface area contributed by atoms with Crippen LogP contribution < -0.4 is 14.5 Å². The minimum Gasteiger partial charge on any atom is -0.497 e. The van der Waals surface area contributed by atoms with Crippen LogP contribution >= 0.6 is 0 Å². The van der Waals surface area contributed by atoms with Crippen molar-refractivity contribution in [2.75, 3.05) is 43.1 Å². The number of hydrogen-bond acceptors (Lipinski definition) is 5. The summed E-state index contributed by atoms with van der Waals surface area (Å²) < 4.78 is 7.62. The summed E-state index contributed by atoms with van der Waals surface area (Å²) >= 11 is 0. The van der Waals surface area contributed by atoms with E-state index in [2.05, 4.69) is 52.3 Å². The molecule has 2 aromatic heterocycles. The number of hydrogen-bond donors (Lipinski definition) is 0. The Kier molecular flexibility index (Phi) is 5.10. The lowest BCUT2D eigenvalue weighted by Gasteiger charge is -2.38. The standard InChI is InChI=1S/C26H27N5O/c1-4-21-18(2)22(17-27)25-28-23-10-5-6-11-24(23)31(25)26(21)30-14-12-29(13-15-30)19-8-7-9-20(16-19)32-3/h5-11,16H,4,12-15H2,1-3H3. The minimum atomic E-state index is 0.678. The third-order valence-corrected chi connectivity index (χ3v) is 6.56. The van der Waals surface area contributed by atoms with Crippen molar-refractivity contribution in [1.82, 2.24) is 9.38 Å². The Morgan fingerprint density at radius 1 is 1.03 bits per heavy atom. The lowest BCUT2D eigenvalue weighted by molar-refractivity contribution is 0.414. The minimum absolute atomic E-state index is 0.678. The van der Waals surface area contributed by atoms with Crippen LogP contribution in [0.3, 0.4) is 0 Å². The Balaban J connectivity index is 1.59. The molecule has 162 valence electrons. The molecular formula is C26H27N5O. The van der Waals surface area contributed by atoms with Crippen molar-refractivity contribution >= 4 is 28.2 Å². The molecule has 1 aliphatic rings. The smallest absolute Gasteiger partial charge is 0.157 e. The van der Waals surface area contributed by atoms with Gasteiger partial charge in [-0.1, -0.05) is 25.1 Å². The number of fused-ring (bicyclic) bond motifs is 3. The molecule has 6 nitrogen and oxygen atoms in total. The molecule has 5 rings (SSSR count). The van der Waals surface area contributed by atoms with E-state index in [0.29, 0.717) is 5.56 Å². The zero-order chi connectivity index (χ0) is 22.2. The number of para-hydroxylation sites is 2. The third-order valence-electron chi connectivity index (χ3n) is 6.56. The summed E-state index contributed by atoms with van der Waals surface area (Å²) in [5, 5.41) is 9.93. The summed E-state index contributed by atoms with van der Waals surface area (Å²) in [5.74, 6) is 2.06. The van der Waals surface area contributed by atoms with Crippen LogP contribution in [0.2, 0.25) is 0 Å². The topological polar surface area (TPSA) is 56.8 Å². The number of piperazine rings is 1. The van der Waals surface area contributed by atoms with E-state index >= 15 is 0 Å². The van der Waals surface area contributed by atoms with Gasteiger partial charge in [0.2, 0.25) is 0 Å². The number of rotatable bonds is 4. The molecule has 0 atom stereocenters. The molecule has 0 unspecified atom stereocenters. The first-order chi connectivity index (χ1) is 15.7. The first-order valence-corrected chi connectivity index (χ1v) is 11.1. The molecule has 0 spiro atoms. The van der Waals surface area contributed by atoms with E-state index in [0.717, 1.165) is 60.6 Å². The van der Waals surface area contributed by atoms with Gasteiger partial charge in [-0.3, -0.25) is 4.40 Å². The summed E-state index contributed by atoms with van der Waals surface area (Å²) in [5.41, 5.74) is 6.88. The molecule has 0 radical (unpaired) electrons. The number of ether oxygens (including phenoxy) is 1. The largest absolute Gasteiger partial charge is 0.497 e. The second-order valence-electron chi connectivity index (χ2n) is 8.20. The zero-order valence-corrected chi connectivity index (χ0v) is 18.8. The predicted octanol–water partition coefficient (Wildman–Crippen LogP) is 4.57. The number of pyridine rings is 1. The lowest BCUT2D eigenvalue weighted by atomic mass is 10.0. The third kappa shape index (κ3) is 3.13. The lowest BCUT2D eigenvalue weighted by Crippen LogP contribution is -2.47. The molecule has 0 bridgehead atoms. The fourth-order valence-corrected chi connectivity index (χ4v) is 4.90. The van der Waals surface area contributed by atoms with Gasteiger partial charge in [0.25, 0.3) is 0 Å². The molecule has 2 aromatic carbocycles. The van der Waals surface area contributed by atoms with Crippen LogP contribution in [-0.4, -0.2) is 42.7 Å². The van der Waals surface area contributed by atoms with Gasteiger partial charge in [0.15, 0.2) is 5.65 Å². The average molecular weight is 426 g/mol. The zero-order valence-electron chi connectivity index (χ0n) is 18.8. The molecule has 32 heavy (non-hydrogen) atoms. The quantitative estimate of drug-likeness (QED) is 0.480. The first-order valence-electron chi connectivity index (χ1n) is 11.1. The number of nitriles is 1. The van der Waals surface area contributed by atoms with Gasteiger partial charge in [-0.2, -0.15) is 5.26 Å². The maximum Gasteiger partial charge on any atom is 0.157 e. The number of imidazole rings is 1. The summed E-state index contributed by atoms with van der Waals surface area (Å²) in [6, 6.07) is 18.8. The Hall–Kier alpha value is -3.72. The second kappa shape index (κ2) is 8.08. The molecule has 0 N–H and O–H groups in total. The Morgan fingerprint density at radius 2 is 1.78 bits per heavy atom. The molecule has 1 fully saturated rings. The highest BCUT2D eigenvalue weighted by Crippen LogP contribution is 2.34. The predicted molar refractivity (Wildman–Crippen MR) is 129 cm³/mol. The van der Waals surface area contributed by atoms with Crippen LogP contribution in [0.5, 0.6) is 5.75 Å². The summed E-state index contributed by atoms with van der Waals surface area (Å²) in [4.78, 5) is 9.72. The van der Waals surface area contributed by atoms with Gasteiger partial charge in [-0.15, -0.1) is 0 Å². The Morgan fingerprint density at radius 3 is 2.50 bits per heavy atom. The molecule has 3 heterocycles. The van der Waals surface area contributed by atoms with Crippen molar-refractivity contribution in [2.45, 2.75) is 20.3 Å². The van der Waals surface area contributed by atoms with Crippen molar-refractivity contribution < 1.29 is 4.74 Å². The van der Waals surface area contributed by atoms with Crippen LogP contribution in [0.15, 0.2) is 48.5 Å². The van der Waals surface area contributed by atoms with E-state index in [4.69, 9.17) is 9.72 Å². The fraction of sp³-hybridized carbons (Fsp3) is 0.308. The van der Waals surface area contributed by atoms with Gasteiger partial charge in [-0.05, 0) is 48.7 Å². The molecule has 0 amide bonds. The number of benzene rings is 2. The van der Waals surface area contributed by atoms with Crippen molar-refractivity contribution in [2.24, 2.45) is 0 Å². The number of anilines is 2. The van der Waals surface area contributed by atoms with Crippen LogP contribution in [0, 0.1) is 18.3 Å². The van der Waals surface area contributed by atoms with Gasteiger partial charge in [0.05, 0.1) is 23.7 Å². The number of aromatic nitrogens is 2. The van der Waals surface area contributed by atoms with E-state index in [1.54, 1.807) is 7.11 Å². The molecule has 4 aromatic rings. The molecule has 0 aliphatic carbocycles. The van der Waals surface area contributed by atoms with E-state index in [-0.39, 0.29) is 0 Å². The molecule has 0 saturated carbocycles. The summed E-state index contributed by atoms with van der Waals surface area (Å²) in [7, 11) is 1.71. The van der Waals surface area contributed by atoms with E-state index in [1.807, 2.05) is 30.3 Å². The van der Waals surface area contributed by atoms with E-state index in [9.17, 15) is 5.26 Å². The SMILES string of the molecule is CCc1c(C)c(C#N)c2nc3ccccc3n2c1N1CCN(c2cccc(OC)c2)CC1. The maximum atomic E-state index is 9.93. The monoisotopic (exact) mass is 425 g/mol. The van der Waals surface area contributed by atoms with Crippen molar-refractivity contribution in [3.63, 3.8) is 0 Å². The van der Waals surface area contributed by atoms with E-state index < -0.39 is 0 Å². The highest BCUT2D eigenvalue weighted by molar-refractivity contribution is 5.86. The van der Waals surface area contributed by atoms with Gasteiger partial charge in [0.1, 0.15) is 17.6 Å². The molecule has 6 heteroatoms. The van der Waals surface area contributed by atoms with Gasteiger partial charge < -0.3 is 14.5 Å². The summed E-state index contributed by atoms with van der Waals surface area (Å²) in [6.07, 6.45) is 0.869. The van der Waals surface area contributed by atoms with Gasteiger partial charge in [-0.25, -0.2) is 4.98 Å². The molecule has 1 aliphatic heterocycles. The van der Waals surface area contributed by atoms with Gasteiger partial charge in [0, 0.05) is 37.9 Å². The molecular weight excluding hydrogens is 398 g/mol. The van der Waals surface area contributed by atoms with Crippen molar-refractivity contribution in [3.05, 3.63) is 65.2 Å². The second-order valence-corrected chi connectivity index (χ2v) is 8.20. The highest BCUT2D eigenvalue weighted by Gasteiger charge is 2.26. The van der Waals surface area contributed by atoms with Crippen molar-refractivity contribution in [1.29, 1.82) is 5.26 Å². The van der Waals surface area contributed by atoms with E-state index in [1.165, 1.54) is 17.1 Å². The van der Waals surface area contributed by atoms with Gasteiger partial charge >= 0.3 is 0 Å². The van der Waals surface area contributed by atoms with Crippen LogP contribution in [-0.2, 0) is 6.42 Å². The van der Waals surface area contributed by atoms with Crippen molar-refractivity contribution in [3.8, 4) is 11.8 Å². The fourth-order valence-electron chi connectivity index (χ4n) is 4.90. The summed E-state index contributed by atoms with van der Waals surface area (Å²) in [6.45, 7) is 7.87. The number of methoxy groups -OCH3 is 1. The van der Waals surface area contributed by atoms with Crippen LogP contribution in [0.4, 0.5) is 11.5 Å². The number of nitrogens with zero attached hydrogens (tertiary/aromatic N) is 5. The van der Waals surface area contributed by atoms with Crippen LogP contribution in [0.1, 0.15) is 23.6 Å². The Labute approximate surface area is 188 Å². The maximum absolute atomic E-state index is 9.93. The average Bonchev–Trinajstić information content (AvgIpc) is 3.22. The first kappa shape index (κ1) is 20.2. The Bertz CT molecular complexity index is 1340.